The van der Waals surface area contributed by atoms with Gasteiger partial charge in [0.1, 0.15) is 5.56 Å². The summed E-state index contributed by atoms with van der Waals surface area (Å²) in [6, 6.07) is 6.86. The summed E-state index contributed by atoms with van der Waals surface area (Å²) in [4.78, 5) is 21.8. The van der Waals surface area contributed by atoms with Gasteiger partial charge in [0.15, 0.2) is 6.29 Å². The van der Waals surface area contributed by atoms with Gasteiger partial charge >= 0.3 is 5.97 Å². The number of benzene rings is 1. The number of carbonyl (C=O) groups excluding carboxylic acids is 1. The van der Waals surface area contributed by atoms with E-state index < -0.39 is 5.97 Å². The van der Waals surface area contributed by atoms with Gasteiger partial charge in [-0.3, -0.25) is 4.79 Å². The number of carboxylic acid groups (broad SMARTS) is 1. The molecule has 0 aliphatic heterocycles. The highest BCUT2D eigenvalue weighted by Crippen LogP contribution is 2.15. The van der Waals surface area contributed by atoms with Crippen LogP contribution in [0.2, 0.25) is 0 Å². The second kappa shape index (κ2) is 4.21. The maximum Gasteiger partial charge on any atom is 0.339 e. The Labute approximate surface area is 97.3 Å². The zero-order valence-electron chi connectivity index (χ0n) is 9.12. The highest BCUT2D eigenvalue weighted by molar-refractivity contribution is 5.89. The number of carboxylic acids is 1. The Balaban J connectivity index is 2.57. The molecule has 17 heavy (non-hydrogen) atoms. The maximum atomic E-state index is 10.9. The van der Waals surface area contributed by atoms with Crippen LogP contribution in [0, 0.1) is 6.92 Å². The topological polar surface area (TPSA) is 72.2 Å². The van der Waals surface area contributed by atoms with Crippen molar-refractivity contribution in [3.8, 4) is 5.69 Å². The van der Waals surface area contributed by atoms with E-state index >= 15 is 0 Å². The van der Waals surface area contributed by atoms with Crippen molar-refractivity contribution < 1.29 is 14.7 Å². The third kappa shape index (κ3) is 1.94. The van der Waals surface area contributed by atoms with Crippen LogP contribution >= 0.6 is 0 Å². The second-order valence-corrected chi connectivity index (χ2v) is 3.55. The van der Waals surface area contributed by atoms with Crippen molar-refractivity contribution in [1.82, 2.24) is 9.78 Å². The monoisotopic (exact) mass is 230 g/mol. The molecule has 2 rings (SSSR count). The minimum atomic E-state index is -1.03. The van der Waals surface area contributed by atoms with Gasteiger partial charge in [0.2, 0.25) is 0 Å². The van der Waals surface area contributed by atoms with Gasteiger partial charge in [-0.1, -0.05) is 12.1 Å². The van der Waals surface area contributed by atoms with Crippen LogP contribution in [0.25, 0.3) is 5.69 Å². The fraction of sp³-hybridized carbons (Fsp3) is 0.0833. The van der Waals surface area contributed by atoms with Crippen molar-refractivity contribution in [3.05, 3.63) is 47.3 Å². The summed E-state index contributed by atoms with van der Waals surface area (Å²) in [6.45, 7) is 1.61. The van der Waals surface area contributed by atoms with Gasteiger partial charge in [-0.15, -0.1) is 0 Å². The Morgan fingerprint density at radius 3 is 2.71 bits per heavy atom. The number of aromatic carboxylic acids is 1. The molecule has 0 aliphatic rings. The first-order chi connectivity index (χ1) is 8.13. The summed E-state index contributed by atoms with van der Waals surface area (Å²) in [5.41, 5.74) is 1.58. The van der Waals surface area contributed by atoms with Gasteiger partial charge in [0, 0.05) is 11.8 Å². The zero-order chi connectivity index (χ0) is 12.4. The number of nitrogens with zero attached hydrogens (tertiary/aromatic N) is 2. The molecule has 0 spiro atoms. The smallest absolute Gasteiger partial charge is 0.339 e. The summed E-state index contributed by atoms with van der Waals surface area (Å²) >= 11 is 0. The largest absolute Gasteiger partial charge is 0.478 e. The van der Waals surface area contributed by atoms with Gasteiger partial charge in [-0.25, -0.2) is 9.48 Å². The van der Waals surface area contributed by atoms with Crippen LogP contribution in [0.5, 0.6) is 0 Å². The number of para-hydroxylation sites is 1. The molecule has 0 radical (unpaired) electrons. The average Bonchev–Trinajstić information content (AvgIpc) is 2.71. The molecule has 0 amide bonds. The fourth-order valence-corrected chi connectivity index (χ4v) is 1.59. The lowest BCUT2D eigenvalue weighted by Gasteiger charge is -2.03. The van der Waals surface area contributed by atoms with Gasteiger partial charge in [0.05, 0.1) is 11.4 Å². The molecule has 5 nitrogen and oxygen atoms in total. The Kier molecular flexibility index (Phi) is 2.74. The summed E-state index contributed by atoms with van der Waals surface area (Å²) < 4.78 is 1.41. The number of hydrogen-bond donors (Lipinski definition) is 1. The number of aryl methyl sites for hydroxylation is 1. The van der Waals surface area contributed by atoms with E-state index in [1.165, 1.54) is 10.9 Å². The molecule has 0 saturated heterocycles. The van der Waals surface area contributed by atoms with Crippen molar-refractivity contribution in [2.45, 2.75) is 6.92 Å². The lowest BCUT2D eigenvalue weighted by molar-refractivity contribution is 0.0696. The SMILES string of the molecule is Cc1nn(-c2ccccc2C=O)cc1C(=O)O. The van der Waals surface area contributed by atoms with E-state index in [0.29, 0.717) is 23.2 Å². The first kappa shape index (κ1) is 11.1. The Morgan fingerprint density at radius 1 is 1.41 bits per heavy atom. The van der Waals surface area contributed by atoms with Gasteiger partial charge in [-0.05, 0) is 19.1 Å². The van der Waals surface area contributed by atoms with E-state index in [1.807, 2.05) is 0 Å². The Morgan fingerprint density at radius 2 is 2.12 bits per heavy atom. The van der Waals surface area contributed by atoms with E-state index in [1.54, 1.807) is 31.2 Å². The van der Waals surface area contributed by atoms with Crippen molar-refractivity contribution in [3.63, 3.8) is 0 Å². The van der Waals surface area contributed by atoms with Crippen LogP contribution in [-0.4, -0.2) is 27.1 Å². The molecule has 1 aromatic heterocycles. The summed E-state index contributed by atoms with van der Waals surface area (Å²) in [5, 5.41) is 13.0. The van der Waals surface area contributed by atoms with Gasteiger partial charge in [0.25, 0.3) is 0 Å². The average molecular weight is 230 g/mol. The molecule has 1 N–H and O–H groups in total. The molecular formula is C12H10N2O3. The van der Waals surface area contributed by atoms with Crippen molar-refractivity contribution in [2.75, 3.05) is 0 Å². The predicted octanol–water partition coefficient (Wildman–Crippen LogP) is 1.69. The third-order valence-corrected chi connectivity index (χ3v) is 2.44. The molecule has 1 heterocycles. The molecular weight excluding hydrogens is 220 g/mol. The van der Waals surface area contributed by atoms with Crippen LogP contribution in [0.15, 0.2) is 30.5 Å². The number of aromatic nitrogens is 2. The second-order valence-electron chi connectivity index (χ2n) is 3.55. The van der Waals surface area contributed by atoms with Crippen LogP contribution in [0.4, 0.5) is 0 Å². The van der Waals surface area contributed by atoms with Gasteiger partial charge < -0.3 is 5.11 Å². The normalized spacial score (nSPS) is 10.2. The number of carbonyl (C=O) groups is 2. The van der Waals surface area contributed by atoms with E-state index in [0.717, 1.165) is 0 Å². The van der Waals surface area contributed by atoms with E-state index in [2.05, 4.69) is 5.10 Å². The van der Waals surface area contributed by atoms with E-state index in [9.17, 15) is 9.59 Å². The first-order valence-electron chi connectivity index (χ1n) is 4.97. The molecule has 0 saturated carbocycles. The molecule has 2 aromatic rings. The fourth-order valence-electron chi connectivity index (χ4n) is 1.59. The van der Waals surface area contributed by atoms with Crippen molar-refractivity contribution in [2.24, 2.45) is 0 Å². The maximum absolute atomic E-state index is 10.9. The predicted molar refractivity (Wildman–Crippen MR) is 60.6 cm³/mol. The van der Waals surface area contributed by atoms with E-state index in [-0.39, 0.29) is 5.56 Å². The molecule has 5 heteroatoms. The van der Waals surface area contributed by atoms with Crippen molar-refractivity contribution >= 4 is 12.3 Å². The lowest BCUT2D eigenvalue weighted by atomic mass is 10.2. The molecule has 0 fully saturated rings. The number of rotatable bonds is 3. The van der Waals surface area contributed by atoms with Crippen LogP contribution in [-0.2, 0) is 0 Å². The van der Waals surface area contributed by atoms with Crippen LogP contribution in [0.3, 0.4) is 0 Å². The van der Waals surface area contributed by atoms with E-state index in [4.69, 9.17) is 5.11 Å². The molecule has 1 aromatic carbocycles. The molecule has 86 valence electrons. The molecule has 0 aliphatic carbocycles. The Bertz CT molecular complexity index is 587. The number of hydrogen-bond acceptors (Lipinski definition) is 3. The minimum absolute atomic E-state index is 0.130. The number of aldehydes is 1. The highest BCUT2D eigenvalue weighted by atomic mass is 16.4. The lowest BCUT2D eigenvalue weighted by Crippen LogP contribution is -1.99. The molecule has 0 bridgehead atoms. The summed E-state index contributed by atoms with van der Waals surface area (Å²) in [7, 11) is 0. The zero-order valence-corrected chi connectivity index (χ0v) is 9.12. The first-order valence-corrected chi connectivity index (χ1v) is 4.97. The summed E-state index contributed by atoms with van der Waals surface area (Å²) in [5.74, 6) is -1.03. The minimum Gasteiger partial charge on any atom is -0.478 e. The van der Waals surface area contributed by atoms with Crippen molar-refractivity contribution in [1.29, 1.82) is 0 Å². The van der Waals surface area contributed by atoms with Gasteiger partial charge in [-0.2, -0.15) is 5.10 Å². The van der Waals surface area contributed by atoms with Crippen LogP contribution in [0.1, 0.15) is 26.4 Å². The molecule has 0 unspecified atom stereocenters. The van der Waals surface area contributed by atoms with Crippen LogP contribution < -0.4 is 0 Å². The highest BCUT2D eigenvalue weighted by Gasteiger charge is 2.13. The Hall–Kier alpha value is -2.43. The quantitative estimate of drug-likeness (QED) is 0.814. The molecule has 0 atom stereocenters. The standard InChI is InChI=1S/C12H10N2O3/c1-8-10(12(16)17)6-14(13-8)11-5-3-2-4-9(11)7-15/h2-7H,1H3,(H,16,17). The third-order valence-electron chi connectivity index (χ3n) is 2.44. The summed E-state index contributed by atoms with van der Waals surface area (Å²) in [6.07, 6.45) is 2.12.